The third kappa shape index (κ3) is 11.6. The molecule has 256 valence electrons. The van der Waals surface area contributed by atoms with Gasteiger partial charge in [-0.25, -0.2) is 0 Å². The van der Waals surface area contributed by atoms with Crippen LogP contribution in [0.1, 0.15) is 122 Å². The number of phenols is 1. The molecule has 0 aliphatic carbocycles. The van der Waals surface area contributed by atoms with Gasteiger partial charge in [-0.15, -0.1) is 0 Å². The molecule has 11 nitrogen and oxygen atoms in total. The van der Waals surface area contributed by atoms with Gasteiger partial charge < -0.3 is 38.3 Å². The van der Waals surface area contributed by atoms with Crippen LogP contribution in [0, 0.1) is 0 Å². The van der Waals surface area contributed by atoms with Crippen molar-refractivity contribution in [3.05, 3.63) is 17.2 Å². The fourth-order valence-corrected chi connectivity index (χ4v) is 5.12. The van der Waals surface area contributed by atoms with E-state index in [0.717, 1.165) is 51.4 Å². The van der Waals surface area contributed by atoms with Crippen LogP contribution in [-0.4, -0.2) is 80.3 Å². The molecular formula is C34H54O11. The van der Waals surface area contributed by atoms with Gasteiger partial charge in [-0.3, -0.25) is 14.4 Å². The van der Waals surface area contributed by atoms with Crippen LogP contribution in [0.15, 0.2) is 6.07 Å². The largest absolute Gasteiger partial charge is 0.507 e. The van der Waals surface area contributed by atoms with Crippen molar-refractivity contribution in [3.8, 4) is 17.2 Å². The van der Waals surface area contributed by atoms with Crippen molar-refractivity contribution in [3.63, 3.8) is 0 Å². The number of rotatable bonds is 21. The van der Waals surface area contributed by atoms with Crippen LogP contribution < -0.4 is 9.47 Å². The number of esters is 2. The van der Waals surface area contributed by atoms with Gasteiger partial charge in [-0.2, -0.15) is 0 Å². The van der Waals surface area contributed by atoms with Crippen molar-refractivity contribution in [2.75, 3.05) is 33.0 Å². The lowest BCUT2D eigenvalue weighted by Crippen LogP contribution is -2.58. The average molecular weight is 639 g/mol. The molecule has 1 aromatic rings. The van der Waals surface area contributed by atoms with E-state index in [9.17, 15) is 19.5 Å². The van der Waals surface area contributed by atoms with Crippen molar-refractivity contribution >= 4 is 17.7 Å². The highest BCUT2D eigenvalue weighted by molar-refractivity contribution is 6.01. The van der Waals surface area contributed by atoms with Gasteiger partial charge in [-0.05, 0) is 32.6 Å². The van der Waals surface area contributed by atoms with E-state index in [2.05, 4.69) is 20.8 Å². The summed E-state index contributed by atoms with van der Waals surface area (Å²) in [5.41, 5.74) is -0.227. The van der Waals surface area contributed by atoms with Gasteiger partial charge >= 0.3 is 11.9 Å². The quantitative estimate of drug-likeness (QED) is 0.0707. The minimum Gasteiger partial charge on any atom is -0.507 e. The van der Waals surface area contributed by atoms with E-state index < -0.39 is 54.0 Å². The van der Waals surface area contributed by atoms with Gasteiger partial charge in [0.15, 0.2) is 5.78 Å². The molecule has 5 atom stereocenters. The van der Waals surface area contributed by atoms with Gasteiger partial charge in [0, 0.05) is 46.3 Å². The molecule has 1 aliphatic rings. The molecule has 1 heterocycles. The second-order valence-electron chi connectivity index (χ2n) is 11.3. The molecule has 0 aromatic heterocycles. The fraction of sp³-hybridized carbons (Fsp3) is 0.735. The number of benzene rings is 1. The van der Waals surface area contributed by atoms with Crippen LogP contribution in [0.3, 0.4) is 0 Å². The Balaban J connectivity index is 2.81. The van der Waals surface area contributed by atoms with Crippen LogP contribution in [0.2, 0.25) is 0 Å². The lowest BCUT2D eigenvalue weighted by atomic mass is 9.88. The molecule has 1 fully saturated rings. The number of phenolic OH excluding ortho intramolecular Hbond substituents is 1. The minimum absolute atomic E-state index is 0.0162. The van der Waals surface area contributed by atoms with Crippen molar-refractivity contribution in [2.24, 2.45) is 0 Å². The van der Waals surface area contributed by atoms with E-state index in [1.165, 1.54) is 26.8 Å². The number of aromatic hydroxyl groups is 1. The number of ether oxygens (including phenoxy) is 7. The number of hydrogen-bond acceptors (Lipinski definition) is 11. The standard InChI is InChI=1S/C34H54O11/c1-8-12-16-39-21-27-31(40-17-13-9-2)33(41-18-14-10-3)34(42-19-15-11-4)32(45-27)29-26(44-24(7)37)20-25(43-23(6)36)28(22(5)35)30(29)38/h20,27,31-34,38H,8-19,21H2,1-7H3. The summed E-state index contributed by atoms with van der Waals surface area (Å²) >= 11 is 0. The Hall–Kier alpha value is -2.57. The van der Waals surface area contributed by atoms with Gasteiger partial charge in [-0.1, -0.05) is 53.4 Å². The molecule has 45 heavy (non-hydrogen) atoms. The van der Waals surface area contributed by atoms with E-state index in [1.54, 1.807) is 0 Å². The fourth-order valence-electron chi connectivity index (χ4n) is 5.12. The topological polar surface area (TPSA) is 136 Å². The summed E-state index contributed by atoms with van der Waals surface area (Å²) in [6.45, 7) is 13.9. The first-order chi connectivity index (χ1) is 21.6. The van der Waals surface area contributed by atoms with Gasteiger partial charge in [0.05, 0.1) is 12.2 Å². The van der Waals surface area contributed by atoms with Crippen LogP contribution >= 0.6 is 0 Å². The molecule has 11 heteroatoms. The number of carbonyl (C=O) groups excluding carboxylic acids is 3. The number of ketones is 1. The highest BCUT2D eigenvalue weighted by atomic mass is 16.6. The Morgan fingerprint density at radius 2 is 1.20 bits per heavy atom. The zero-order chi connectivity index (χ0) is 33.4. The summed E-state index contributed by atoms with van der Waals surface area (Å²) in [7, 11) is 0. The summed E-state index contributed by atoms with van der Waals surface area (Å²) in [4.78, 5) is 37.0. The van der Waals surface area contributed by atoms with Crippen molar-refractivity contribution in [1.82, 2.24) is 0 Å². The third-order valence-electron chi connectivity index (χ3n) is 7.39. The average Bonchev–Trinajstić information content (AvgIpc) is 2.96. The third-order valence-corrected chi connectivity index (χ3v) is 7.39. The zero-order valence-electron chi connectivity index (χ0n) is 28.2. The summed E-state index contributed by atoms with van der Waals surface area (Å²) in [5.74, 6) is -2.85. The molecule has 0 radical (unpaired) electrons. The maximum absolute atomic E-state index is 12.8. The maximum atomic E-state index is 12.8. The molecule has 2 rings (SSSR count). The second kappa shape index (κ2) is 20.5. The summed E-state index contributed by atoms with van der Waals surface area (Å²) in [6.07, 6.45) is 3.18. The molecule has 0 amide bonds. The first kappa shape index (κ1) is 38.6. The van der Waals surface area contributed by atoms with Crippen LogP contribution in [0.4, 0.5) is 0 Å². The van der Waals surface area contributed by atoms with E-state index >= 15 is 0 Å². The molecule has 1 N–H and O–H groups in total. The monoisotopic (exact) mass is 638 g/mol. The molecule has 1 saturated heterocycles. The first-order valence-corrected chi connectivity index (χ1v) is 16.5. The van der Waals surface area contributed by atoms with E-state index in [4.69, 9.17) is 33.2 Å². The van der Waals surface area contributed by atoms with Crippen molar-refractivity contribution < 1.29 is 52.6 Å². The molecular weight excluding hydrogens is 584 g/mol. The van der Waals surface area contributed by atoms with Crippen LogP contribution in [-0.2, 0) is 33.3 Å². The Labute approximate surface area is 268 Å². The zero-order valence-corrected chi connectivity index (χ0v) is 28.2. The molecule has 5 unspecified atom stereocenters. The number of unbranched alkanes of at least 4 members (excludes halogenated alkanes) is 4. The Morgan fingerprint density at radius 1 is 0.711 bits per heavy atom. The molecule has 0 saturated carbocycles. The number of carbonyl (C=O) groups is 3. The normalized spacial score (nSPS) is 21.4. The maximum Gasteiger partial charge on any atom is 0.308 e. The van der Waals surface area contributed by atoms with E-state index in [-0.39, 0.29) is 29.2 Å². The van der Waals surface area contributed by atoms with Crippen LogP contribution in [0.5, 0.6) is 17.2 Å². The number of Topliss-reactive ketones (excluding diaryl/α,β-unsaturated/α-hetero) is 1. The van der Waals surface area contributed by atoms with Crippen LogP contribution in [0.25, 0.3) is 0 Å². The lowest BCUT2D eigenvalue weighted by molar-refractivity contribution is -0.268. The first-order valence-electron chi connectivity index (χ1n) is 16.5. The predicted octanol–water partition coefficient (Wildman–Crippen LogP) is 6.26. The Bertz CT molecular complexity index is 1070. The van der Waals surface area contributed by atoms with E-state index in [1.807, 2.05) is 6.92 Å². The minimum atomic E-state index is -1.07. The second-order valence-corrected chi connectivity index (χ2v) is 11.3. The molecule has 0 spiro atoms. The summed E-state index contributed by atoms with van der Waals surface area (Å²) < 4.78 is 43.0. The molecule has 1 aromatic carbocycles. The van der Waals surface area contributed by atoms with Crippen molar-refractivity contribution in [2.45, 2.75) is 130 Å². The Morgan fingerprint density at radius 3 is 1.71 bits per heavy atom. The summed E-state index contributed by atoms with van der Waals surface area (Å²) in [6, 6.07) is 1.25. The molecule has 0 bridgehead atoms. The smallest absolute Gasteiger partial charge is 0.308 e. The van der Waals surface area contributed by atoms with Gasteiger partial charge in [0.25, 0.3) is 0 Å². The van der Waals surface area contributed by atoms with Gasteiger partial charge in [0.2, 0.25) is 0 Å². The SMILES string of the molecule is CCCCOCC1OC(c2c(OC(C)=O)cc(OC(C)=O)c(C(C)=O)c2O)C(OCCCC)C(OCCCC)C1OCCCC. The highest BCUT2D eigenvalue weighted by Crippen LogP contribution is 2.48. The van der Waals surface area contributed by atoms with Crippen molar-refractivity contribution in [1.29, 1.82) is 0 Å². The van der Waals surface area contributed by atoms with E-state index in [0.29, 0.717) is 26.4 Å². The lowest BCUT2D eigenvalue weighted by Gasteiger charge is -2.46. The highest BCUT2D eigenvalue weighted by Gasteiger charge is 2.50. The number of hydrogen-bond donors (Lipinski definition) is 1. The molecule has 1 aliphatic heterocycles. The predicted molar refractivity (Wildman–Crippen MR) is 168 cm³/mol. The van der Waals surface area contributed by atoms with Gasteiger partial charge in [0.1, 0.15) is 53.3 Å². The Kier molecular flexibility index (Phi) is 17.6. The summed E-state index contributed by atoms with van der Waals surface area (Å²) in [5, 5.41) is 11.7.